The van der Waals surface area contributed by atoms with Gasteiger partial charge in [0.05, 0.1) is 6.20 Å². The van der Waals surface area contributed by atoms with Crippen LogP contribution >= 0.6 is 24.8 Å². The van der Waals surface area contributed by atoms with Crippen LogP contribution in [0.5, 0.6) is 0 Å². The molecule has 0 radical (unpaired) electrons. The standard InChI is InChI=1S/C19H19FN4O.2ClH/c20-18-7-1-14(2-8-18)13-24(10-9-21)19(25)16-5-3-15(4-6-16)17-11-22-23-12-17;;/h1-8,11-12H,9-10,13,21H2,(H,22,23);2*1H. The molecule has 0 bridgehead atoms. The smallest absolute Gasteiger partial charge is 0.254 e. The van der Waals surface area contributed by atoms with E-state index in [-0.39, 0.29) is 36.5 Å². The van der Waals surface area contributed by atoms with Gasteiger partial charge in [-0.1, -0.05) is 24.3 Å². The first-order valence-electron chi connectivity index (χ1n) is 8.00. The Hall–Kier alpha value is -2.41. The third-order valence-corrected chi connectivity index (χ3v) is 3.94. The number of nitrogens with two attached hydrogens (primary N) is 1. The van der Waals surface area contributed by atoms with Crippen LogP contribution in [0, 0.1) is 5.82 Å². The SMILES string of the molecule is Cl.Cl.NCCN(Cc1ccc(F)cc1)C(=O)c1ccc(-c2cn[nH]c2)cc1. The van der Waals surface area contributed by atoms with Crippen LogP contribution in [0.25, 0.3) is 11.1 Å². The highest BCUT2D eigenvalue weighted by molar-refractivity contribution is 5.94. The maximum absolute atomic E-state index is 13.0. The first kappa shape index (κ1) is 22.6. The Morgan fingerprint density at radius 3 is 2.26 bits per heavy atom. The number of rotatable bonds is 6. The lowest BCUT2D eigenvalue weighted by Crippen LogP contribution is -2.34. The average molecular weight is 411 g/mol. The summed E-state index contributed by atoms with van der Waals surface area (Å²) in [6.07, 6.45) is 3.53. The van der Waals surface area contributed by atoms with E-state index in [0.717, 1.165) is 16.7 Å². The van der Waals surface area contributed by atoms with Crippen molar-refractivity contribution in [1.82, 2.24) is 15.1 Å². The first-order valence-corrected chi connectivity index (χ1v) is 8.00. The zero-order chi connectivity index (χ0) is 17.6. The van der Waals surface area contributed by atoms with Crippen LogP contribution in [0.4, 0.5) is 4.39 Å². The molecule has 3 aromatic rings. The van der Waals surface area contributed by atoms with Crippen molar-refractivity contribution in [1.29, 1.82) is 0 Å². The summed E-state index contributed by atoms with van der Waals surface area (Å²) < 4.78 is 13.0. The minimum Gasteiger partial charge on any atom is -0.333 e. The van der Waals surface area contributed by atoms with Crippen molar-refractivity contribution in [2.45, 2.75) is 6.54 Å². The predicted molar refractivity (Wildman–Crippen MR) is 109 cm³/mol. The summed E-state index contributed by atoms with van der Waals surface area (Å²) in [5.74, 6) is -0.399. The summed E-state index contributed by atoms with van der Waals surface area (Å²) >= 11 is 0. The molecule has 0 aliphatic carbocycles. The molecular formula is C19H21Cl2FN4O. The number of H-pyrrole nitrogens is 1. The predicted octanol–water partition coefficient (Wildman–Crippen LogP) is 3.66. The monoisotopic (exact) mass is 410 g/mol. The Morgan fingerprint density at radius 2 is 1.70 bits per heavy atom. The topological polar surface area (TPSA) is 75.0 Å². The van der Waals surface area contributed by atoms with Gasteiger partial charge in [0, 0.05) is 37.0 Å². The van der Waals surface area contributed by atoms with Gasteiger partial charge < -0.3 is 10.6 Å². The number of amides is 1. The minimum absolute atomic E-state index is 0. The van der Waals surface area contributed by atoms with E-state index in [4.69, 9.17) is 5.73 Å². The molecule has 1 amide bonds. The molecule has 27 heavy (non-hydrogen) atoms. The Bertz CT molecular complexity index is 824. The number of halogens is 3. The van der Waals surface area contributed by atoms with Crippen molar-refractivity contribution >= 4 is 30.7 Å². The quantitative estimate of drug-likeness (QED) is 0.650. The molecule has 1 aromatic heterocycles. The van der Waals surface area contributed by atoms with E-state index in [0.29, 0.717) is 25.2 Å². The number of nitrogens with one attached hydrogen (secondary N) is 1. The van der Waals surface area contributed by atoms with Gasteiger partial charge in [-0.25, -0.2) is 4.39 Å². The maximum Gasteiger partial charge on any atom is 0.254 e. The second kappa shape index (κ2) is 10.7. The normalized spacial score (nSPS) is 9.85. The third kappa shape index (κ3) is 5.79. The number of hydrogen-bond acceptors (Lipinski definition) is 3. The fourth-order valence-corrected chi connectivity index (χ4v) is 2.62. The molecular weight excluding hydrogens is 390 g/mol. The number of benzene rings is 2. The fourth-order valence-electron chi connectivity index (χ4n) is 2.62. The summed E-state index contributed by atoms with van der Waals surface area (Å²) in [5, 5.41) is 6.69. The van der Waals surface area contributed by atoms with Gasteiger partial charge in [-0.2, -0.15) is 5.10 Å². The number of aromatic nitrogens is 2. The Balaban J connectivity index is 0.00000182. The number of carbonyl (C=O) groups is 1. The molecule has 0 spiro atoms. The minimum atomic E-state index is -0.296. The molecule has 1 heterocycles. The summed E-state index contributed by atoms with van der Waals surface area (Å²) in [4.78, 5) is 14.4. The lowest BCUT2D eigenvalue weighted by Gasteiger charge is -2.22. The zero-order valence-corrected chi connectivity index (χ0v) is 16.1. The van der Waals surface area contributed by atoms with Crippen LogP contribution in [-0.2, 0) is 6.54 Å². The van der Waals surface area contributed by atoms with Gasteiger partial charge in [0.15, 0.2) is 0 Å². The lowest BCUT2D eigenvalue weighted by atomic mass is 10.1. The van der Waals surface area contributed by atoms with Crippen LogP contribution in [0.2, 0.25) is 0 Å². The fraction of sp³-hybridized carbons (Fsp3) is 0.158. The highest BCUT2D eigenvalue weighted by Crippen LogP contribution is 2.19. The van der Waals surface area contributed by atoms with Crippen molar-refractivity contribution in [3.05, 3.63) is 77.9 Å². The summed E-state index contributed by atoms with van der Waals surface area (Å²) in [5.41, 5.74) is 9.04. The molecule has 0 atom stereocenters. The van der Waals surface area contributed by atoms with Crippen LogP contribution in [-0.4, -0.2) is 34.1 Å². The van der Waals surface area contributed by atoms with E-state index in [9.17, 15) is 9.18 Å². The number of hydrogen-bond donors (Lipinski definition) is 2. The summed E-state index contributed by atoms with van der Waals surface area (Å²) in [6, 6.07) is 13.5. The van der Waals surface area contributed by atoms with E-state index in [1.807, 2.05) is 12.1 Å². The Kier molecular flexibility index (Phi) is 8.94. The second-order valence-electron chi connectivity index (χ2n) is 5.71. The molecule has 0 saturated heterocycles. The van der Waals surface area contributed by atoms with Gasteiger partial charge in [-0.3, -0.25) is 9.89 Å². The Labute approximate surface area is 169 Å². The lowest BCUT2D eigenvalue weighted by molar-refractivity contribution is 0.0748. The van der Waals surface area contributed by atoms with Gasteiger partial charge in [-0.15, -0.1) is 24.8 Å². The largest absolute Gasteiger partial charge is 0.333 e. The maximum atomic E-state index is 13.0. The van der Waals surface area contributed by atoms with Crippen LogP contribution in [0.3, 0.4) is 0 Å². The second-order valence-corrected chi connectivity index (χ2v) is 5.71. The molecule has 3 N–H and O–H groups in total. The van der Waals surface area contributed by atoms with Crippen molar-refractivity contribution in [3.8, 4) is 11.1 Å². The molecule has 0 aliphatic heterocycles. The Morgan fingerprint density at radius 1 is 1.04 bits per heavy atom. The van der Waals surface area contributed by atoms with E-state index >= 15 is 0 Å². The molecule has 0 fully saturated rings. The van der Waals surface area contributed by atoms with Crippen molar-refractivity contribution in [3.63, 3.8) is 0 Å². The molecule has 8 heteroatoms. The van der Waals surface area contributed by atoms with E-state index in [1.54, 1.807) is 41.6 Å². The molecule has 2 aromatic carbocycles. The van der Waals surface area contributed by atoms with E-state index < -0.39 is 0 Å². The highest BCUT2D eigenvalue weighted by Gasteiger charge is 2.16. The zero-order valence-electron chi connectivity index (χ0n) is 14.5. The van der Waals surface area contributed by atoms with Crippen molar-refractivity contribution in [2.24, 2.45) is 5.73 Å². The van der Waals surface area contributed by atoms with Gasteiger partial charge in [0.25, 0.3) is 5.91 Å². The molecule has 144 valence electrons. The number of aromatic amines is 1. The molecule has 0 saturated carbocycles. The van der Waals surface area contributed by atoms with E-state index in [2.05, 4.69) is 10.2 Å². The molecule has 0 aliphatic rings. The number of carbonyl (C=O) groups excluding carboxylic acids is 1. The molecule has 3 rings (SSSR count). The van der Waals surface area contributed by atoms with Crippen LogP contribution in [0.15, 0.2) is 60.9 Å². The van der Waals surface area contributed by atoms with Gasteiger partial charge in [-0.05, 0) is 35.4 Å². The average Bonchev–Trinajstić information content (AvgIpc) is 3.17. The third-order valence-electron chi connectivity index (χ3n) is 3.94. The summed E-state index contributed by atoms with van der Waals surface area (Å²) in [7, 11) is 0. The molecule has 5 nitrogen and oxygen atoms in total. The highest BCUT2D eigenvalue weighted by atomic mass is 35.5. The molecule has 0 unspecified atom stereocenters. The number of nitrogens with zero attached hydrogens (tertiary/aromatic N) is 2. The van der Waals surface area contributed by atoms with Crippen LogP contribution < -0.4 is 5.73 Å². The van der Waals surface area contributed by atoms with Crippen molar-refractivity contribution in [2.75, 3.05) is 13.1 Å². The van der Waals surface area contributed by atoms with E-state index in [1.165, 1.54) is 12.1 Å². The van der Waals surface area contributed by atoms with Crippen molar-refractivity contribution < 1.29 is 9.18 Å². The van der Waals surface area contributed by atoms with Gasteiger partial charge in [0.1, 0.15) is 5.82 Å². The summed E-state index contributed by atoms with van der Waals surface area (Å²) in [6.45, 7) is 1.18. The first-order chi connectivity index (χ1) is 12.2. The van der Waals surface area contributed by atoms with Gasteiger partial charge in [0.2, 0.25) is 0 Å². The van der Waals surface area contributed by atoms with Crippen LogP contribution in [0.1, 0.15) is 15.9 Å². The van der Waals surface area contributed by atoms with Gasteiger partial charge >= 0.3 is 0 Å².